The Hall–Kier alpha value is -1.56. The molecule has 3 rings (SSSR count). The first-order valence-corrected chi connectivity index (χ1v) is 9.01. The van der Waals surface area contributed by atoms with Crippen LogP contribution in [0.4, 0.5) is 4.79 Å². The molecule has 0 N–H and O–H groups in total. The summed E-state index contributed by atoms with van der Waals surface area (Å²) in [5.41, 5.74) is 1.69. The van der Waals surface area contributed by atoms with Gasteiger partial charge in [-0.25, -0.2) is 4.79 Å². The summed E-state index contributed by atoms with van der Waals surface area (Å²) in [6.45, 7) is 7.97. The second-order valence-electron chi connectivity index (χ2n) is 7.95. The molecular weight excluding hydrogens is 304 g/mol. The van der Waals surface area contributed by atoms with Gasteiger partial charge in [-0.3, -0.25) is 9.69 Å². The van der Waals surface area contributed by atoms with Crippen LogP contribution in [0.1, 0.15) is 26.2 Å². The molecule has 0 radical (unpaired) electrons. The first kappa shape index (κ1) is 17.3. The van der Waals surface area contributed by atoms with Gasteiger partial charge in [0.15, 0.2) is 0 Å². The predicted octanol–water partition coefficient (Wildman–Crippen LogP) is 1.24. The maximum atomic E-state index is 12.6. The van der Waals surface area contributed by atoms with Crippen molar-refractivity contribution in [3.63, 3.8) is 0 Å². The number of likely N-dealkylation sites (N-methyl/N-ethyl adjacent to an activating group) is 1. The molecule has 0 aromatic rings. The predicted molar refractivity (Wildman–Crippen MR) is 93.7 cm³/mol. The Labute approximate surface area is 145 Å². The fourth-order valence-corrected chi connectivity index (χ4v) is 3.88. The number of carbonyl (C=O) groups excluding carboxylic acids is 2. The fraction of sp³-hybridized carbons (Fsp3) is 0.778. The lowest BCUT2D eigenvalue weighted by molar-refractivity contribution is -0.131. The molecule has 0 aliphatic carbocycles. The van der Waals surface area contributed by atoms with Crippen LogP contribution in [0, 0.1) is 5.41 Å². The number of rotatable bonds is 2. The van der Waals surface area contributed by atoms with Crippen molar-refractivity contribution in [1.82, 2.24) is 19.6 Å². The third-order valence-corrected chi connectivity index (χ3v) is 5.80. The second kappa shape index (κ2) is 6.75. The molecule has 1 spiro atoms. The highest BCUT2D eigenvalue weighted by Gasteiger charge is 2.47. The molecule has 2 saturated heterocycles. The lowest BCUT2D eigenvalue weighted by Crippen LogP contribution is -2.64. The monoisotopic (exact) mass is 334 g/mol. The number of hydrogen-bond donors (Lipinski definition) is 0. The SMILES string of the molecule is CC1=CCN(C(=O)N2CC3(CCN(CC(=O)N(C)C)CC3)C2)CC1. The Morgan fingerprint density at radius 1 is 1.12 bits per heavy atom. The highest BCUT2D eigenvalue weighted by molar-refractivity contribution is 5.77. The summed E-state index contributed by atoms with van der Waals surface area (Å²) in [5.74, 6) is 0.171. The zero-order chi connectivity index (χ0) is 17.3. The fourth-order valence-electron chi connectivity index (χ4n) is 3.88. The first-order valence-electron chi connectivity index (χ1n) is 9.01. The number of piperidine rings is 1. The lowest BCUT2D eigenvalue weighted by atomic mass is 9.72. The molecule has 134 valence electrons. The first-order chi connectivity index (χ1) is 11.4. The molecule has 3 aliphatic rings. The summed E-state index contributed by atoms with van der Waals surface area (Å²) in [7, 11) is 3.61. The molecule has 6 nitrogen and oxygen atoms in total. The summed E-state index contributed by atoms with van der Waals surface area (Å²) in [6, 6.07) is 0.203. The molecule has 0 aromatic carbocycles. The van der Waals surface area contributed by atoms with Crippen LogP contribution in [0.25, 0.3) is 0 Å². The van der Waals surface area contributed by atoms with E-state index in [-0.39, 0.29) is 11.9 Å². The Morgan fingerprint density at radius 2 is 1.79 bits per heavy atom. The van der Waals surface area contributed by atoms with Gasteiger partial charge >= 0.3 is 6.03 Å². The van der Waals surface area contributed by atoms with E-state index in [1.54, 1.807) is 19.0 Å². The average molecular weight is 334 g/mol. The molecule has 0 saturated carbocycles. The van der Waals surface area contributed by atoms with Crippen LogP contribution in [0.15, 0.2) is 11.6 Å². The van der Waals surface area contributed by atoms with Gasteiger partial charge in [-0.15, -0.1) is 0 Å². The van der Waals surface area contributed by atoms with Gasteiger partial charge in [0.25, 0.3) is 0 Å². The highest BCUT2D eigenvalue weighted by Crippen LogP contribution is 2.40. The molecule has 3 aliphatic heterocycles. The van der Waals surface area contributed by atoms with Gasteiger partial charge in [-0.05, 0) is 39.3 Å². The van der Waals surface area contributed by atoms with E-state index in [0.717, 1.165) is 58.5 Å². The van der Waals surface area contributed by atoms with Crippen LogP contribution in [0.5, 0.6) is 0 Å². The van der Waals surface area contributed by atoms with Gasteiger partial charge in [0.05, 0.1) is 6.54 Å². The lowest BCUT2D eigenvalue weighted by Gasteiger charge is -2.54. The third-order valence-electron chi connectivity index (χ3n) is 5.80. The van der Waals surface area contributed by atoms with E-state index in [9.17, 15) is 9.59 Å². The average Bonchev–Trinajstić information content (AvgIpc) is 2.53. The van der Waals surface area contributed by atoms with Crippen molar-refractivity contribution < 1.29 is 9.59 Å². The minimum absolute atomic E-state index is 0.171. The summed E-state index contributed by atoms with van der Waals surface area (Å²) < 4.78 is 0. The van der Waals surface area contributed by atoms with E-state index in [2.05, 4.69) is 17.9 Å². The number of amides is 3. The maximum Gasteiger partial charge on any atom is 0.320 e. The van der Waals surface area contributed by atoms with Crippen LogP contribution in [-0.2, 0) is 4.79 Å². The van der Waals surface area contributed by atoms with Crippen LogP contribution in [-0.4, -0.2) is 91.4 Å². The molecule has 24 heavy (non-hydrogen) atoms. The largest absolute Gasteiger partial charge is 0.348 e. The van der Waals surface area contributed by atoms with E-state index in [4.69, 9.17) is 0 Å². The zero-order valence-electron chi connectivity index (χ0n) is 15.3. The minimum atomic E-state index is 0.171. The molecule has 0 aromatic heterocycles. The quantitative estimate of drug-likeness (QED) is 0.714. The molecule has 6 heteroatoms. The van der Waals surface area contributed by atoms with Gasteiger partial charge in [-0.1, -0.05) is 11.6 Å². The molecule has 0 atom stereocenters. The molecule has 2 fully saturated rings. The Bertz CT molecular complexity index is 527. The van der Waals surface area contributed by atoms with Crippen molar-refractivity contribution in [2.24, 2.45) is 5.41 Å². The number of hydrogen-bond acceptors (Lipinski definition) is 3. The van der Waals surface area contributed by atoms with Gasteiger partial charge in [-0.2, -0.15) is 0 Å². The highest BCUT2D eigenvalue weighted by atomic mass is 16.2. The number of carbonyl (C=O) groups is 2. The number of urea groups is 1. The third kappa shape index (κ3) is 3.58. The molecule has 0 unspecified atom stereocenters. The minimum Gasteiger partial charge on any atom is -0.348 e. The standard InChI is InChI=1S/C18H30N4O2/c1-15-4-8-21(9-5-15)17(24)22-13-18(14-22)6-10-20(11-7-18)12-16(23)19(2)3/h4H,5-14H2,1-3H3. The smallest absolute Gasteiger partial charge is 0.320 e. The second-order valence-corrected chi connectivity index (χ2v) is 7.95. The van der Waals surface area contributed by atoms with E-state index < -0.39 is 0 Å². The van der Waals surface area contributed by atoms with Crippen molar-refractivity contribution in [2.45, 2.75) is 26.2 Å². The summed E-state index contributed by atoms with van der Waals surface area (Å²) in [4.78, 5) is 32.3. The Kier molecular flexibility index (Phi) is 4.85. The Morgan fingerprint density at radius 3 is 2.33 bits per heavy atom. The van der Waals surface area contributed by atoms with Gasteiger partial charge in [0, 0.05) is 45.7 Å². The van der Waals surface area contributed by atoms with Crippen molar-refractivity contribution in [2.75, 3.05) is 59.9 Å². The zero-order valence-corrected chi connectivity index (χ0v) is 15.3. The summed E-state index contributed by atoms with van der Waals surface area (Å²) in [6.07, 6.45) is 5.35. The van der Waals surface area contributed by atoms with Crippen LogP contribution >= 0.6 is 0 Å². The van der Waals surface area contributed by atoms with E-state index >= 15 is 0 Å². The molecule has 3 amide bonds. The van der Waals surface area contributed by atoms with Gasteiger partial charge < -0.3 is 14.7 Å². The van der Waals surface area contributed by atoms with Gasteiger partial charge in [0.1, 0.15) is 0 Å². The van der Waals surface area contributed by atoms with Crippen molar-refractivity contribution in [3.05, 3.63) is 11.6 Å². The normalized spacial score (nSPS) is 23.7. The van der Waals surface area contributed by atoms with Crippen LogP contribution in [0.2, 0.25) is 0 Å². The van der Waals surface area contributed by atoms with E-state index in [1.807, 2.05) is 9.80 Å². The van der Waals surface area contributed by atoms with Crippen LogP contribution in [0.3, 0.4) is 0 Å². The van der Waals surface area contributed by atoms with Crippen molar-refractivity contribution in [1.29, 1.82) is 0 Å². The number of nitrogens with zero attached hydrogens (tertiary/aromatic N) is 4. The molecule has 0 bridgehead atoms. The molecule has 3 heterocycles. The summed E-state index contributed by atoms with van der Waals surface area (Å²) >= 11 is 0. The number of likely N-dealkylation sites (tertiary alicyclic amines) is 2. The van der Waals surface area contributed by atoms with Crippen molar-refractivity contribution >= 4 is 11.9 Å². The van der Waals surface area contributed by atoms with Crippen molar-refractivity contribution in [3.8, 4) is 0 Å². The Balaban J connectivity index is 1.43. The molecular formula is C18H30N4O2. The van der Waals surface area contributed by atoms with Crippen LogP contribution < -0.4 is 0 Å². The maximum absolute atomic E-state index is 12.6. The topological polar surface area (TPSA) is 47.1 Å². The summed E-state index contributed by atoms with van der Waals surface area (Å²) in [5, 5.41) is 0. The van der Waals surface area contributed by atoms with E-state index in [1.165, 1.54) is 5.57 Å². The van der Waals surface area contributed by atoms with E-state index in [0.29, 0.717) is 12.0 Å². The van der Waals surface area contributed by atoms with Gasteiger partial charge in [0.2, 0.25) is 5.91 Å².